The predicted molar refractivity (Wildman–Crippen MR) is 66.4 cm³/mol. The molecule has 3 nitrogen and oxygen atoms in total. The number of ether oxygens (including phenoxy) is 1. The van der Waals surface area contributed by atoms with Gasteiger partial charge in [0.25, 0.3) is 0 Å². The van der Waals surface area contributed by atoms with E-state index in [0.29, 0.717) is 12.5 Å². The van der Waals surface area contributed by atoms with Crippen LogP contribution in [0.5, 0.6) is 0 Å². The van der Waals surface area contributed by atoms with E-state index in [0.717, 1.165) is 24.9 Å². The van der Waals surface area contributed by atoms with E-state index in [4.69, 9.17) is 4.74 Å². The first-order valence-electron chi connectivity index (χ1n) is 6.19. The molecule has 92 valence electrons. The first kappa shape index (κ1) is 12.1. The standard InChI is InChI=1S/C14H19NO2/c1-11-7-8-15-13(9-11)14(16)17-10-12-5-3-2-4-6-12/h2-6,11,13,15H,7-10H2,1H3/t11-,13-/m1/s1. The molecule has 2 rings (SSSR count). The highest BCUT2D eigenvalue weighted by atomic mass is 16.5. The lowest BCUT2D eigenvalue weighted by atomic mass is 9.94. The first-order valence-corrected chi connectivity index (χ1v) is 6.19. The second kappa shape index (κ2) is 5.82. The van der Waals surface area contributed by atoms with Gasteiger partial charge in [-0.25, -0.2) is 0 Å². The molecule has 0 aliphatic carbocycles. The van der Waals surface area contributed by atoms with E-state index < -0.39 is 0 Å². The van der Waals surface area contributed by atoms with E-state index in [1.165, 1.54) is 0 Å². The highest BCUT2D eigenvalue weighted by molar-refractivity contribution is 5.75. The van der Waals surface area contributed by atoms with E-state index in [9.17, 15) is 4.79 Å². The Morgan fingerprint density at radius 2 is 2.18 bits per heavy atom. The van der Waals surface area contributed by atoms with Gasteiger partial charge < -0.3 is 10.1 Å². The van der Waals surface area contributed by atoms with Crippen molar-refractivity contribution >= 4 is 5.97 Å². The van der Waals surface area contributed by atoms with Gasteiger partial charge in [-0.1, -0.05) is 37.3 Å². The predicted octanol–water partition coefficient (Wildman–Crippen LogP) is 2.12. The van der Waals surface area contributed by atoms with Crippen molar-refractivity contribution in [3.05, 3.63) is 35.9 Å². The molecule has 0 bridgehead atoms. The molecule has 17 heavy (non-hydrogen) atoms. The summed E-state index contributed by atoms with van der Waals surface area (Å²) in [7, 11) is 0. The molecule has 1 aromatic carbocycles. The van der Waals surface area contributed by atoms with Crippen molar-refractivity contribution in [3.63, 3.8) is 0 Å². The van der Waals surface area contributed by atoms with E-state index in [-0.39, 0.29) is 12.0 Å². The average Bonchev–Trinajstić information content (AvgIpc) is 2.37. The van der Waals surface area contributed by atoms with Gasteiger partial charge in [0.2, 0.25) is 0 Å². The van der Waals surface area contributed by atoms with Gasteiger partial charge in [-0.15, -0.1) is 0 Å². The molecule has 0 radical (unpaired) electrons. The summed E-state index contributed by atoms with van der Waals surface area (Å²) in [4.78, 5) is 11.8. The van der Waals surface area contributed by atoms with E-state index >= 15 is 0 Å². The highest BCUT2D eigenvalue weighted by Gasteiger charge is 2.25. The molecule has 1 N–H and O–H groups in total. The van der Waals surface area contributed by atoms with Gasteiger partial charge in [0.1, 0.15) is 12.6 Å². The minimum atomic E-state index is -0.125. The van der Waals surface area contributed by atoms with Crippen LogP contribution >= 0.6 is 0 Å². The fourth-order valence-corrected chi connectivity index (χ4v) is 2.12. The third kappa shape index (κ3) is 3.56. The highest BCUT2D eigenvalue weighted by Crippen LogP contribution is 2.16. The van der Waals surface area contributed by atoms with Gasteiger partial charge in [-0.3, -0.25) is 4.79 Å². The number of nitrogens with one attached hydrogen (secondary N) is 1. The van der Waals surface area contributed by atoms with Crippen molar-refractivity contribution in [3.8, 4) is 0 Å². The van der Waals surface area contributed by atoms with Crippen LogP contribution in [0.15, 0.2) is 30.3 Å². The van der Waals surface area contributed by atoms with Gasteiger partial charge in [0.15, 0.2) is 0 Å². The topological polar surface area (TPSA) is 38.3 Å². The van der Waals surface area contributed by atoms with E-state index in [1.54, 1.807) is 0 Å². The third-order valence-electron chi connectivity index (χ3n) is 3.17. The fraction of sp³-hybridized carbons (Fsp3) is 0.500. The Morgan fingerprint density at radius 1 is 1.41 bits per heavy atom. The lowest BCUT2D eigenvalue weighted by molar-refractivity contribution is -0.148. The Bertz CT molecular complexity index is 364. The van der Waals surface area contributed by atoms with Crippen molar-refractivity contribution in [2.45, 2.75) is 32.4 Å². The summed E-state index contributed by atoms with van der Waals surface area (Å²) >= 11 is 0. The van der Waals surface area contributed by atoms with Crippen LogP contribution in [0, 0.1) is 5.92 Å². The molecule has 0 amide bonds. The first-order chi connectivity index (χ1) is 8.25. The van der Waals surface area contributed by atoms with Crippen molar-refractivity contribution < 1.29 is 9.53 Å². The Labute approximate surface area is 102 Å². The van der Waals surface area contributed by atoms with Gasteiger partial charge >= 0.3 is 5.97 Å². The maximum absolute atomic E-state index is 11.8. The molecule has 1 aliphatic rings. The zero-order valence-electron chi connectivity index (χ0n) is 10.2. The van der Waals surface area contributed by atoms with Crippen LogP contribution in [0.3, 0.4) is 0 Å². The molecule has 1 fully saturated rings. The smallest absolute Gasteiger partial charge is 0.323 e. The third-order valence-corrected chi connectivity index (χ3v) is 3.17. The number of carbonyl (C=O) groups excluding carboxylic acids is 1. The number of benzene rings is 1. The van der Waals surface area contributed by atoms with Gasteiger partial charge in [0, 0.05) is 0 Å². The van der Waals surface area contributed by atoms with Crippen LogP contribution in [-0.4, -0.2) is 18.6 Å². The second-order valence-corrected chi connectivity index (χ2v) is 4.73. The normalized spacial score (nSPS) is 24.3. The molecule has 0 saturated carbocycles. The number of piperidine rings is 1. The number of hydrogen-bond donors (Lipinski definition) is 1. The van der Waals surface area contributed by atoms with Crippen molar-refractivity contribution in [1.82, 2.24) is 5.32 Å². The molecular weight excluding hydrogens is 214 g/mol. The number of carbonyl (C=O) groups is 1. The molecule has 2 atom stereocenters. The van der Waals surface area contributed by atoms with Crippen LogP contribution in [0.1, 0.15) is 25.3 Å². The molecule has 0 aromatic heterocycles. The second-order valence-electron chi connectivity index (χ2n) is 4.73. The van der Waals surface area contributed by atoms with Gasteiger partial charge in [-0.05, 0) is 30.9 Å². The molecule has 1 aromatic rings. The molecule has 3 heteroatoms. The van der Waals surface area contributed by atoms with E-state index in [1.807, 2.05) is 30.3 Å². The zero-order chi connectivity index (χ0) is 12.1. The van der Waals surface area contributed by atoms with Gasteiger partial charge in [-0.2, -0.15) is 0 Å². The van der Waals surface area contributed by atoms with Crippen LogP contribution in [0.25, 0.3) is 0 Å². The minimum Gasteiger partial charge on any atom is -0.460 e. The van der Waals surface area contributed by atoms with Crippen molar-refractivity contribution in [2.24, 2.45) is 5.92 Å². The molecule has 0 spiro atoms. The Hall–Kier alpha value is -1.35. The summed E-state index contributed by atoms with van der Waals surface area (Å²) < 4.78 is 5.31. The molecular formula is C14H19NO2. The monoisotopic (exact) mass is 233 g/mol. The zero-order valence-corrected chi connectivity index (χ0v) is 10.2. The maximum atomic E-state index is 11.8. The summed E-state index contributed by atoms with van der Waals surface area (Å²) in [6.07, 6.45) is 2.02. The van der Waals surface area contributed by atoms with Crippen molar-refractivity contribution in [1.29, 1.82) is 0 Å². The molecule has 0 unspecified atom stereocenters. The van der Waals surface area contributed by atoms with E-state index in [2.05, 4.69) is 12.2 Å². The quantitative estimate of drug-likeness (QED) is 0.813. The van der Waals surface area contributed by atoms with Gasteiger partial charge in [0.05, 0.1) is 0 Å². The number of rotatable bonds is 3. The average molecular weight is 233 g/mol. The number of hydrogen-bond acceptors (Lipinski definition) is 3. The van der Waals surface area contributed by atoms with Crippen LogP contribution in [-0.2, 0) is 16.1 Å². The largest absolute Gasteiger partial charge is 0.460 e. The minimum absolute atomic E-state index is 0.123. The van der Waals surface area contributed by atoms with Crippen LogP contribution in [0.2, 0.25) is 0 Å². The Balaban J connectivity index is 1.81. The summed E-state index contributed by atoms with van der Waals surface area (Å²) in [6, 6.07) is 9.65. The summed E-state index contributed by atoms with van der Waals surface area (Å²) in [5.41, 5.74) is 1.03. The summed E-state index contributed by atoms with van der Waals surface area (Å²) in [6.45, 7) is 3.46. The lowest BCUT2D eigenvalue weighted by Gasteiger charge is -2.26. The SMILES string of the molecule is C[C@@H]1CCN[C@@H](C(=O)OCc2ccccc2)C1. The lowest BCUT2D eigenvalue weighted by Crippen LogP contribution is -2.43. The van der Waals surface area contributed by atoms with Crippen molar-refractivity contribution in [2.75, 3.05) is 6.54 Å². The maximum Gasteiger partial charge on any atom is 0.323 e. The Kier molecular flexibility index (Phi) is 4.15. The fourth-order valence-electron chi connectivity index (χ4n) is 2.12. The summed E-state index contributed by atoms with van der Waals surface area (Å²) in [5, 5.41) is 3.21. The molecule has 1 heterocycles. The van der Waals surface area contributed by atoms with Crippen LogP contribution in [0.4, 0.5) is 0 Å². The molecule has 1 aliphatic heterocycles. The Morgan fingerprint density at radius 3 is 2.88 bits per heavy atom. The molecule has 1 saturated heterocycles. The summed E-state index contributed by atoms with van der Waals surface area (Å²) in [5.74, 6) is 0.478. The number of esters is 1. The van der Waals surface area contributed by atoms with Crippen LogP contribution < -0.4 is 5.32 Å².